The minimum atomic E-state index is -6.16. The van der Waals surface area contributed by atoms with Gasteiger partial charge in [-0.05, 0) is 22.2 Å². The second-order valence-corrected chi connectivity index (χ2v) is 22.2. The van der Waals surface area contributed by atoms with Gasteiger partial charge in [-0.2, -0.15) is 35.9 Å². The number of alkyl halides is 3. The van der Waals surface area contributed by atoms with E-state index in [1.807, 2.05) is 55.4 Å². The van der Waals surface area contributed by atoms with Gasteiger partial charge in [0, 0.05) is 0 Å². The molecule has 4 heterocycles. The molecule has 2 aliphatic heterocycles. The summed E-state index contributed by atoms with van der Waals surface area (Å²) < 4.78 is 112. The number of hydrogen-bond donors (Lipinski definition) is 1. The highest BCUT2D eigenvalue weighted by molar-refractivity contribution is 7.87. The van der Waals surface area contributed by atoms with Crippen molar-refractivity contribution >= 4 is 44.2 Å². The first-order chi connectivity index (χ1) is 19.3. The molecule has 2 fully saturated rings. The summed E-state index contributed by atoms with van der Waals surface area (Å²) in [6.07, 6.45) is -6.16. The third kappa shape index (κ3) is 5.50. The smallest absolute Gasteiger partial charge is 0.414 e. The summed E-state index contributed by atoms with van der Waals surface area (Å²) in [6, 6.07) is 0. The van der Waals surface area contributed by atoms with Crippen LogP contribution in [0.4, 0.5) is 23.4 Å². The fraction of sp³-hybridized carbons (Fsp3) is 0.783. The van der Waals surface area contributed by atoms with Crippen LogP contribution in [0.2, 0.25) is 22.2 Å². The van der Waals surface area contributed by atoms with E-state index in [-0.39, 0.29) is 45.8 Å². The molecule has 0 unspecified atom stereocenters. The van der Waals surface area contributed by atoms with Gasteiger partial charge < -0.3 is 23.4 Å². The maximum atomic E-state index is 14.2. The lowest BCUT2D eigenvalue weighted by atomic mass is 10.1. The van der Waals surface area contributed by atoms with Gasteiger partial charge in [-0.15, -0.1) is 0 Å². The van der Waals surface area contributed by atoms with Crippen molar-refractivity contribution in [1.29, 1.82) is 0 Å². The molecular weight excluding hydrogens is 623 g/mol. The zero-order valence-electron chi connectivity index (χ0n) is 24.5. The lowest BCUT2D eigenvalue weighted by Crippen LogP contribution is -2.66. The van der Waals surface area contributed by atoms with Gasteiger partial charge in [0.05, 0.1) is 12.9 Å². The first-order valence-electron chi connectivity index (χ1n) is 13.6. The maximum absolute atomic E-state index is 14.2. The van der Waals surface area contributed by atoms with Crippen LogP contribution in [-0.4, -0.2) is 75.5 Å². The SMILES string of the molecule is CC(C)[Si]1(C(C)C)OC[C@H]2O[C@@H](n3cnc4c(N)nc(F)nc43)[C@H](OS(=O)(=O)C(F)(F)F)[C@@H]2O[Si](C(C)C)(C(C)C)O1. The number of nitrogens with zero attached hydrogens (tertiary/aromatic N) is 4. The molecule has 0 bridgehead atoms. The summed E-state index contributed by atoms with van der Waals surface area (Å²) in [6.45, 7) is 15.3. The summed E-state index contributed by atoms with van der Waals surface area (Å²) in [5.74, 6) is -0.329. The van der Waals surface area contributed by atoms with Gasteiger partial charge in [-0.25, -0.2) is 4.98 Å². The van der Waals surface area contributed by atoms with E-state index in [0.29, 0.717) is 0 Å². The average Bonchev–Trinajstić information content (AvgIpc) is 3.38. The normalized spacial score (nSPS) is 26.8. The topological polar surface area (TPSA) is 150 Å². The number of nitrogens with two attached hydrogens (primary N) is 1. The second kappa shape index (κ2) is 11.3. The molecule has 0 spiro atoms. The second-order valence-electron chi connectivity index (χ2n) is 11.8. The summed E-state index contributed by atoms with van der Waals surface area (Å²) in [4.78, 5) is 11.1. The zero-order valence-corrected chi connectivity index (χ0v) is 27.4. The van der Waals surface area contributed by atoms with E-state index in [9.17, 15) is 26.0 Å². The summed E-state index contributed by atoms with van der Waals surface area (Å²) in [5.41, 5.74) is -0.842. The molecule has 238 valence electrons. The molecule has 19 heteroatoms. The van der Waals surface area contributed by atoms with Crippen LogP contribution in [0.5, 0.6) is 0 Å². The number of fused-ring (bicyclic) bond motifs is 2. The lowest BCUT2D eigenvalue weighted by molar-refractivity contribution is -0.0694. The zero-order chi connectivity index (χ0) is 31.6. The molecule has 42 heavy (non-hydrogen) atoms. The van der Waals surface area contributed by atoms with Crippen LogP contribution in [0.1, 0.15) is 61.6 Å². The quantitative estimate of drug-likeness (QED) is 0.146. The van der Waals surface area contributed by atoms with E-state index in [0.717, 1.165) is 10.9 Å². The van der Waals surface area contributed by atoms with E-state index in [1.165, 1.54) is 0 Å². The van der Waals surface area contributed by atoms with E-state index in [1.54, 1.807) is 0 Å². The van der Waals surface area contributed by atoms with Gasteiger partial charge in [-0.3, -0.25) is 8.75 Å². The van der Waals surface area contributed by atoms with Crippen LogP contribution >= 0.6 is 0 Å². The van der Waals surface area contributed by atoms with E-state index in [2.05, 4.69) is 15.0 Å². The van der Waals surface area contributed by atoms with Gasteiger partial charge in [0.2, 0.25) is 0 Å². The maximum Gasteiger partial charge on any atom is 0.523 e. The molecule has 4 rings (SSSR count). The molecule has 0 aromatic carbocycles. The van der Waals surface area contributed by atoms with Crippen molar-refractivity contribution in [3.63, 3.8) is 0 Å². The fourth-order valence-electron chi connectivity index (χ4n) is 5.75. The molecule has 12 nitrogen and oxygen atoms in total. The predicted octanol–water partition coefficient (Wildman–Crippen LogP) is 4.64. The highest BCUT2D eigenvalue weighted by atomic mass is 32.2. The molecule has 4 atom stereocenters. The standard InChI is InChI=1S/C23H37F4N5O7SSi2/c1-11(2)41(12(3)4)35-9-15-17(38-42(39-41,13(5)6)14(7)8)18(37-40(33,34)23(25,26)27)21(36-15)32-10-29-16-19(28)30-22(24)31-20(16)32/h10-15,17-18,21H,9H2,1-8H3,(H2,28,30,31)/t15-,17-,18-,21-/m1/s1. The van der Waals surface area contributed by atoms with Gasteiger partial charge in [0.25, 0.3) is 0 Å². The van der Waals surface area contributed by atoms with Crippen molar-refractivity contribution < 1.29 is 47.9 Å². The highest BCUT2D eigenvalue weighted by Crippen LogP contribution is 2.49. The largest absolute Gasteiger partial charge is 0.523 e. The van der Waals surface area contributed by atoms with Crippen LogP contribution in [0.3, 0.4) is 0 Å². The number of nitrogen functional groups attached to an aromatic ring is 1. The first-order valence-corrected chi connectivity index (χ1v) is 18.9. The van der Waals surface area contributed by atoms with Gasteiger partial charge in [0.1, 0.15) is 12.2 Å². The molecule has 0 aliphatic carbocycles. The Bertz CT molecular complexity index is 1390. The number of hydrogen-bond acceptors (Lipinski definition) is 11. The number of aromatic nitrogens is 4. The summed E-state index contributed by atoms with van der Waals surface area (Å²) in [5, 5.41) is 0. The fourth-order valence-corrected chi connectivity index (χ4v) is 17.6. The molecule has 2 aliphatic rings. The predicted molar refractivity (Wildman–Crippen MR) is 147 cm³/mol. The first kappa shape index (κ1) is 33.2. The van der Waals surface area contributed by atoms with Gasteiger partial charge in [0.15, 0.2) is 29.3 Å². The Morgan fingerprint density at radius 3 is 2.12 bits per heavy atom. The molecule has 0 amide bonds. The highest BCUT2D eigenvalue weighted by Gasteiger charge is 2.63. The Hall–Kier alpha value is -1.75. The van der Waals surface area contributed by atoms with E-state index >= 15 is 0 Å². The number of halogens is 4. The molecule has 0 saturated carbocycles. The average molecular weight is 660 g/mol. The van der Waals surface area contributed by atoms with E-state index < -0.39 is 63.4 Å². The van der Waals surface area contributed by atoms with Gasteiger partial charge >= 0.3 is 38.8 Å². The Kier molecular flexibility index (Phi) is 8.93. The van der Waals surface area contributed by atoms with Crippen molar-refractivity contribution in [2.45, 2.75) is 108 Å². The Labute approximate surface area is 243 Å². The lowest BCUT2D eigenvalue weighted by Gasteiger charge is -2.51. The number of anilines is 1. The third-order valence-corrected chi connectivity index (χ3v) is 19.1. The third-order valence-electron chi connectivity index (χ3n) is 7.83. The molecular formula is C23H37F4N5O7SSi2. The van der Waals surface area contributed by atoms with Crippen LogP contribution in [0.15, 0.2) is 6.33 Å². The van der Waals surface area contributed by atoms with E-state index in [4.69, 9.17) is 27.6 Å². The minimum Gasteiger partial charge on any atom is -0.414 e. The molecule has 2 aromatic heterocycles. The van der Waals surface area contributed by atoms with Crippen molar-refractivity contribution in [3.05, 3.63) is 12.4 Å². The van der Waals surface area contributed by atoms with Crippen molar-refractivity contribution in [2.24, 2.45) is 0 Å². The van der Waals surface area contributed by atoms with Crippen molar-refractivity contribution in [3.8, 4) is 0 Å². The number of imidazole rings is 1. The molecule has 2 N–H and O–H groups in total. The van der Waals surface area contributed by atoms with Crippen molar-refractivity contribution in [1.82, 2.24) is 19.5 Å². The number of ether oxygens (including phenoxy) is 1. The Balaban J connectivity index is 1.92. The van der Waals surface area contributed by atoms with Crippen molar-refractivity contribution in [2.75, 3.05) is 12.3 Å². The van der Waals surface area contributed by atoms with Crippen LogP contribution in [-0.2, 0) is 32.0 Å². The van der Waals surface area contributed by atoms with Crippen LogP contribution in [0, 0.1) is 6.08 Å². The molecule has 2 aromatic rings. The summed E-state index contributed by atoms with van der Waals surface area (Å²) >= 11 is 0. The Morgan fingerprint density at radius 2 is 1.60 bits per heavy atom. The Morgan fingerprint density at radius 1 is 1.02 bits per heavy atom. The van der Waals surface area contributed by atoms with Crippen LogP contribution in [0.25, 0.3) is 11.2 Å². The minimum absolute atomic E-state index is 0.0443. The van der Waals surface area contributed by atoms with Crippen LogP contribution < -0.4 is 5.73 Å². The summed E-state index contributed by atoms with van der Waals surface area (Å²) in [7, 11) is -12.7. The number of rotatable bonds is 7. The molecule has 0 radical (unpaired) electrons. The molecule has 2 saturated heterocycles. The monoisotopic (exact) mass is 659 g/mol. The van der Waals surface area contributed by atoms with Gasteiger partial charge in [-0.1, -0.05) is 55.4 Å².